The second-order valence-corrected chi connectivity index (χ2v) is 3.80. The van der Waals surface area contributed by atoms with Gasteiger partial charge in [0.05, 0.1) is 13.2 Å². The first-order valence-electron chi connectivity index (χ1n) is 5.65. The highest BCUT2D eigenvalue weighted by atomic mass is 16.6. The SMILES string of the molecule is NOc1ccc(C#CC(=O)N2CCOCC2)cc1. The van der Waals surface area contributed by atoms with Gasteiger partial charge < -0.3 is 14.5 Å². The summed E-state index contributed by atoms with van der Waals surface area (Å²) in [4.78, 5) is 18.0. The van der Waals surface area contributed by atoms with Crippen molar-refractivity contribution in [2.75, 3.05) is 26.3 Å². The van der Waals surface area contributed by atoms with Crippen LogP contribution in [0.5, 0.6) is 5.75 Å². The summed E-state index contributed by atoms with van der Waals surface area (Å²) in [7, 11) is 0. The van der Waals surface area contributed by atoms with E-state index in [2.05, 4.69) is 16.7 Å². The van der Waals surface area contributed by atoms with Crippen molar-refractivity contribution in [1.29, 1.82) is 0 Å². The molecule has 0 bridgehead atoms. The lowest BCUT2D eigenvalue weighted by Gasteiger charge is -2.24. The Kier molecular flexibility index (Phi) is 4.18. The molecule has 1 aliphatic rings. The van der Waals surface area contributed by atoms with Crippen LogP contribution < -0.4 is 10.7 Å². The van der Waals surface area contributed by atoms with Crippen LogP contribution in [0.1, 0.15) is 5.56 Å². The number of amides is 1. The Morgan fingerprint density at radius 3 is 2.56 bits per heavy atom. The maximum absolute atomic E-state index is 11.7. The molecule has 0 unspecified atom stereocenters. The fourth-order valence-corrected chi connectivity index (χ4v) is 1.59. The van der Waals surface area contributed by atoms with Crippen LogP contribution in [0.2, 0.25) is 0 Å². The first-order chi connectivity index (χ1) is 8.79. The van der Waals surface area contributed by atoms with Crippen LogP contribution in [-0.2, 0) is 9.53 Å². The highest BCUT2D eigenvalue weighted by Crippen LogP contribution is 2.09. The molecule has 1 saturated heterocycles. The molecule has 1 aromatic rings. The normalized spacial score (nSPS) is 14.6. The lowest BCUT2D eigenvalue weighted by Crippen LogP contribution is -2.40. The van der Waals surface area contributed by atoms with E-state index in [-0.39, 0.29) is 5.91 Å². The Balaban J connectivity index is 1.99. The highest BCUT2D eigenvalue weighted by molar-refractivity contribution is 5.94. The number of hydrogen-bond donors (Lipinski definition) is 1. The zero-order chi connectivity index (χ0) is 12.8. The van der Waals surface area contributed by atoms with E-state index in [0.29, 0.717) is 32.1 Å². The summed E-state index contributed by atoms with van der Waals surface area (Å²) in [5.41, 5.74) is 0.748. The van der Waals surface area contributed by atoms with Crippen LogP contribution in [0.15, 0.2) is 24.3 Å². The van der Waals surface area contributed by atoms with Crippen LogP contribution in [0.4, 0.5) is 0 Å². The smallest absolute Gasteiger partial charge is 0.298 e. The molecule has 1 fully saturated rings. The van der Waals surface area contributed by atoms with Crippen molar-refractivity contribution in [3.63, 3.8) is 0 Å². The van der Waals surface area contributed by atoms with Gasteiger partial charge in [-0.2, -0.15) is 5.90 Å². The number of rotatable bonds is 1. The summed E-state index contributed by atoms with van der Waals surface area (Å²) in [6.45, 7) is 2.37. The van der Waals surface area contributed by atoms with Gasteiger partial charge in [-0.05, 0) is 24.3 Å². The summed E-state index contributed by atoms with van der Waals surface area (Å²) in [5, 5.41) is 0. The molecule has 1 aliphatic heterocycles. The average molecular weight is 246 g/mol. The van der Waals surface area contributed by atoms with E-state index in [0.717, 1.165) is 5.56 Å². The molecule has 0 spiro atoms. The predicted octanol–water partition coefficient (Wildman–Crippen LogP) is 0.149. The lowest BCUT2D eigenvalue weighted by atomic mass is 10.2. The number of ether oxygens (including phenoxy) is 1. The second kappa shape index (κ2) is 6.05. The quantitative estimate of drug-likeness (QED) is 0.566. The van der Waals surface area contributed by atoms with Gasteiger partial charge in [-0.15, -0.1) is 0 Å². The van der Waals surface area contributed by atoms with E-state index in [1.54, 1.807) is 29.2 Å². The zero-order valence-electron chi connectivity index (χ0n) is 9.89. The average Bonchev–Trinajstić information content (AvgIpc) is 2.46. The molecule has 1 aromatic carbocycles. The minimum atomic E-state index is -0.169. The molecule has 0 radical (unpaired) electrons. The molecule has 94 valence electrons. The molecule has 0 saturated carbocycles. The molecule has 5 heteroatoms. The Bertz CT molecular complexity index is 467. The standard InChI is InChI=1S/C13H14N2O3/c14-18-12-4-1-11(2-5-12)3-6-13(16)15-7-9-17-10-8-15/h1-2,4-5H,7-10,14H2. The number of hydrogen-bond acceptors (Lipinski definition) is 4. The highest BCUT2D eigenvalue weighted by Gasteiger charge is 2.14. The van der Waals surface area contributed by atoms with E-state index in [9.17, 15) is 4.79 Å². The topological polar surface area (TPSA) is 64.8 Å². The first-order valence-corrected chi connectivity index (χ1v) is 5.65. The number of carbonyl (C=O) groups is 1. The number of morpholine rings is 1. The third-order valence-electron chi connectivity index (χ3n) is 2.60. The zero-order valence-corrected chi connectivity index (χ0v) is 9.89. The number of nitrogens with zero attached hydrogens (tertiary/aromatic N) is 1. The van der Waals surface area contributed by atoms with Gasteiger partial charge in [0, 0.05) is 24.6 Å². The lowest BCUT2D eigenvalue weighted by molar-refractivity contribution is -0.129. The molecular weight excluding hydrogens is 232 g/mol. The largest absolute Gasteiger partial charge is 0.412 e. The first kappa shape index (κ1) is 12.4. The van der Waals surface area contributed by atoms with Gasteiger partial charge >= 0.3 is 0 Å². The van der Waals surface area contributed by atoms with E-state index in [4.69, 9.17) is 10.6 Å². The van der Waals surface area contributed by atoms with E-state index < -0.39 is 0 Å². The number of carbonyl (C=O) groups excluding carboxylic acids is 1. The van der Waals surface area contributed by atoms with Gasteiger partial charge in [0.2, 0.25) is 0 Å². The van der Waals surface area contributed by atoms with E-state index in [1.165, 1.54) is 0 Å². The minimum absolute atomic E-state index is 0.169. The van der Waals surface area contributed by atoms with Crippen molar-refractivity contribution in [2.24, 2.45) is 5.90 Å². The van der Waals surface area contributed by atoms with Crippen molar-refractivity contribution < 1.29 is 14.4 Å². The number of nitrogens with two attached hydrogens (primary N) is 1. The summed E-state index contributed by atoms with van der Waals surface area (Å²) >= 11 is 0. The van der Waals surface area contributed by atoms with Crippen molar-refractivity contribution in [2.45, 2.75) is 0 Å². The van der Waals surface area contributed by atoms with Crippen molar-refractivity contribution >= 4 is 5.91 Å². The molecule has 0 atom stereocenters. The molecule has 18 heavy (non-hydrogen) atoms. The molecule has 0 aromatic heterocycles. The fourth-order valence-electron chi connectivity index (χ4n) is 1.59. The van der Waals surface area contributed by atoms with Gasteiger partial charge in [0.1, 0.15) is 5.75 Å². The summed E-state index contributed by atoms with van der Waals surface area (Å²) in [6, 6.07) is 6.90. The molecule has 1 amide bonds. The third-order valence-corrected chi connectivity index (χ3v) is 2.60. The monoisotopic (exact) mass is 246 g/mol. The maximum atomic E-state index is 11.7. The van der Waals surface area contributed by atoms with Crippen molar-refractivity contribution in [3.8, 4) is 17.6 Å². The molecular formula is C13H14N2O3. The van der Waals surface area contributed by atoms with E-state index >= 15 is 0 Å². The second-order valence-electron chi connectivity index (χ2n) is 3.80. The summed E-state index contributed by atoms with van der Waals surface area (Å²) in [6.07, 6.45) is 0. The van der Waals surface area contributed by atoms with Gasteiger partial charge in [-0.1, -0.05) is 5.92 Å². The molecule has 2 rings (SSSR count). The molecule has 2 N–H and O–H groups in total. The Morgan fingerprint density at radius 2 is 1.94 bits per heavy atom. The van der Waals surface area contributed by atoms with Gasteiger partial charge in [0.15, 0.2) is 0 Å². The van der Waals surface area contributed by atoms with Crippen LogP contribution in [0.3, 0.4) is 0 Å². The Hall–Kier alpha value is -2.03. The molecule has 1 heterocycles. The number of benzene rings is 1. The van der Waals surface area contributed by atoms with Crippen molar-refractivity contribution in [3.05, 3.63) is 29.8 Å². The molecule has 0 aliphatic carbocycles. The van der Waals surface area contributed by atoms with Crippen LogP contribution >= 0.6 is 0 Å². The maximum Gasteiger partial charge on any atom is 0.298 e. The third kappa shape index (κ3) is 3.23. The summed E-state index contributed by atoms with van der Waals surface area (Å²) < 4.78 is 5.17. The predicted molar refractivity (Wildman–Crippen MR) is 65.5 cm³/mol. The van der Waals surface area contributed by atoms with Gasteiger partial charge in [-0.25, -0.2) is 0 Å². The van der Waals surface area contributed by atoms with Gasteiger partial charge in [0.25, 0.3) is 5.91 Å². The van der Waals surface area contributed by atoms with Crippen LogP contribution in [0, 0.1) is 11.8 Å². The Labute approximate surface area is 105 Å². The molecule has 5 nitrogen and oxygen atoms in total. The van der Waals surface area contributed by atoms with Gasteiger partial charge in [-0.3, -0.25) is 4.79 Å². The van der Waals surface area contributed by atoms with Crippen LogP contribution in [-0.4, -0.2) is 37.1 Å². The van der Waals surface area contributed by atoms with E-state index in [1.807, 2.05) is 0 Å². The van der Waals surface area contributed by atoms with Crippen molar-refractivity contribution in [1.82, 2.24) is 4.90 Å². The van der Waals surface area contributed by atoms with Crippen LogP contribution in [0.25, 0.3) is 0 Å². The Morgan fingerprint density at radius 1 is 1.28 bits per heavy atom. The minimum Gasteiger partial charge on any atom is -0.412 e. The summed E-state index contributed by atoms with van der Waals surface area (Å²) in [5.74, 6) is 10.8. The fraction of sp³-hybridized carbons (Fsp3) is 0.308.